The van der Waals surface area contributed by atoms with Gasteiger partial charge in [0.1, 0.15) is 0 Å². The second kappa shape index (κ2) is 9.69. The highest BCUT2D eigenvalue weighted by molar-refractivity contribution is 6.59. The van der Waals surface area contributed by atoms with Crippen LogP contribution in [0.15, 0.2) is 4.66 Å². The molecule has 94 valence electrons. The zero-order chi connectivity index (χ0) is 12.3. The Morgan fingerprint density at radius 1 is 0.938 bits per heavy atom. The van der Waals surface area contributed by atoms with E-state index in [1.165, 1.54) is 6.08 Å². The summed E-state index contributed by atoms with van der Waals surface area (Å²) in [5, 5.41) is 0. The number of rotatable bonds is 10. The number of hydrogen-bond acceptors (Lipinski definition) is 5. The minimum atomic E-state index is -3.16. The average Bonchev–Trinajstić information content (AvgIpc) is 2.31. The fourth-order valence-corrected chi connectivity index (χ4v) is 2.91. The molecule has 0 heterocycles. The van der Waals surface area contributed by atoms with E-state index in [-0.39, 0.29) is 0 Å². The smallest absolute Gasteiger partial charge is 0.355 e. The van der Waals surface area contributed by atoms with E-state index in [1.807, 2.05) is 20.8 Å². The van der Waals surface area contributed by atoms with Crippen LogP contribution in [0.25, 0.3) is 0 Å². The summed E-state index contributed by atoms with van der Waals surface area (Å²) < 4.78 is 20.1. The Balaban J connectivity index is 4.51. The van der Waals surface area contributed by atoms with E-state index in [1.54, 1.807) is 0 Å². The van der Waals surface area contributed by atoms with Gasteiger partial charge in [-0.2, -0.15) is 4.66 Å². The van der Waals surface area contributed by atoms with Crippen LogP contribution in [-0.2, 0) is 18.1 Å². The zero-order valence-corrected chi connectivity index (χ0v) is 11.3. The maximum absolute atomic E-state index is 10.4. The monoisotopic (exact) mass is 247 g/mol. The highest BCUT2D eigenvalue weighted by atomic mass is 28.4. The van der Waals surface area contributed by atoms with E-state index in [0.717, 1.165) is 19.3 Å². The first-order valence-electron chi connectivity index (χ1n) is 5.75. The van der Waals surface area contributed by atoms with Gasteiger partial charge < -0.3 is 13.3 Å². The van der Waals surface area contributed by atoms with Gasteiger partial charge in [-0.25, -0.2) is 4.79 Å². The first-order valence-corrected chi connectivity index (χ1v) is 7.42. The third-order valence-electron chi connectivity index (χ3n) is 1.65. The van der Waals surface area contributed by atoms with Gasteiger partial charge >= 0.3 is 8.97 Å². The van der Waals surface area contributed by atoms with Crippen LogP contribution in [0.3, 0.4) is 0 Å². The average molecular weight is 247 g/mol. The molecule has 6 heteroatoms. The van der Waals surface area contributed by atoms with Crippen LogP contribution < -0.4 is 0 Å². The van der Waals surface area contributed by atoms with E-state index >= 15 is 0 Å². The molecular formula is C10H21NO4Si. The molecule has 0 N–H and O–H groups in total. The van der Waals surface area contributed by atoms with Crippen molar-refractivity contribution in [2.75, 3.05) is 19.8 Å². The third kappa shape index (κ3) is 6.15. The molecule has 0 aromatic carbocycles. The predicted molar refractivity (Wildman–Crippen MR) is 62.6 cm³/mol. The molecule has 0 saturated heterocycles. The van der Waals surface area contributed by atoms with Crippen molar-refractivity contribution in [3.05, 3.63) is 0 Å². The molecule has 0 bridgehead atoms. The topological polar surface area (TPSA) is 57.1 Å². The molecule has 0 aromatic heterocycles. The van der Waals surface area contributed by atoms with Gasteiger partial charge in [0.25, 0.3) is 0 Å². The summed E-state index contributed by atoms with van der Waals surface area (Å²) in [4.78, 5) is 10.4. The van der Waals surface area contributed by atoms with E-state index in [9.17, 15) is 4.79 Å². The molecule has 0 spiro atoms. The van der Waals surface area contributed by atoms with E-state index < -0.39 is 8.97 Å². The molecule has 0 aromatic rings. The molecule has 0 fully saturated rings. The SMILES string of the molecule is CCCO[Si](N=C=O)(OCCC)OCCC. The van der Waals surface area contributed by atoms with Gasteiger partial charge in [0.2, 0.25) is 6.08 Å². The fourth-order valence-electron chi connectivity index (χ4n) is 0.971. The van der Waals surface area contributed by atoms with E-state index in [4.69, 9.17) is 13.3 Å². The molecule has 5 nitrogen and oxygen atoms in total. The lowest BCUT2D eigenvalue weighted by Gasteiger charge is -2.22. The lowest BCUT2D eigenvalue weighted by molar-refractivity contribution is 0.0608. The lowest BCUT2D eigenvalue weighted by Crippen LogP contribution is -2.45. The summed E-state index contributed by atoms with van der Waals surface area (Å²) in [7, 11) is -3.16. The maximum Gasteiger partial charge on any atom is 0.663 e. The van der Waals surface area contributed by atoms with Crippen LogP contribution in [0, 0.1) is 0 Å². The van der Waals surface area contributed by atoms with Crippen LogP contribution in [0.2, 0.25) is 0 Å². The van der Waals surface area contributed by atoms with Gasteiger partial charge in [-0.3, -0.25) is 0 Å². The van der Waals surface area contributed by atoms with Gasteiger partial charge in [-0.05, 0) is 19.3 Å². The van der Waals surface area contributed by atoms with Gasteiger partial charge in [0.15, 0.2) is 0 Å². The molecule has 0 aliphatic carbocycles. The molecule has 0 aliphatic rings. The molecule has 0 aliphatic heterocycles. The Kier molecular flexibility index (Phi) is 9.37. The number of isocyanates is 1. The van der Waals surface area contributed by atoms with Crippen molar-refractivity contribution < 1.29 is 18.1 Å². The zero-order valence-electron chi connectivity index (χ0n) is 10.3. The molecule has 0 radical (unpaired) electrons. The summed E-state index contributed by atoms with van der Waals surface area (Å²) in [5.41, 5.74) is 0. The molecule has 16 heavy (non-hydrogen) atoms. The number of nitrogens with zero attached hydrogens (tertiary/aromatic N) is 1. The Morgan fingerprint density at radius 2 is 1.31 bits per heavy atom. The third-order valence-corrected chi connectivity index (χ3v) is 3.72. The maximum atomic E-state index is 10.4. The number of carbonyl (C=O) groups excluding carboxylic acids is 1. The summed E-state index contributed by atoms with van der Waals surface area (Å²) in [6.45, 7) is 7.36. The van der Waals surface area contributed by atoms with Gasteiger partial charge in [0, 0.05) is 19.8 Å². The summed E-state index contributed by atoms with van der Waals surface area (Å²) in [6.07, 6.45) is 3.98. The Labute approximate surface area is 98.3 Å². The molecule has 0 rings (SSSR count). The van der Waals surface area contributed by atoms with Crippen molar-refractivity contribution in [1.82, 2.24) is 0 Å². The van der Waals surface area contributed by atoms with Gasteiger partial charge in [0.05, 0.1) is 0 Å². The van der Waals surface area contributed by atoms with E-state index in [0.29, 0.717) is 19.8 Å². The minimum Gasteiger partial charge on any atom is -0.355 e. The summed E-state index contributed by atoms with van der Waals surface area (Å²) in [5.74, 6) is 0. The minimum absolute atomic E-state index is 0.477. The second-order valence-corrected chi connectivity index (χ2v) is 5.41. The Hall–Kier alpha value is -0.523. The highest BCUT2D eigenvalue weighted by Crippen LogP contribution is 2.12. The van der Waals surface area contributed by atoms with E-state index in [2.05, 4.69) is 4.66 Å². The van der Waals surface area contributed by atoms with Crippen molar-refractivity contribution >= 4 is 15.0 Å². The molecule has 0 atom stereocenters. The first kappa shape index (κ1) is 15.5. The van der Waals surface area contributed by atoms with Gasteiger partial charge in [-0.1, -0.05) is 20.8 Å². The first-order chi connectivity index (χ1) is 7.74. The van der Waals surface area contributed by atoms with Crippen molar-refractivity contribution in [3.8, 4) is 0 Å². The Morgan fingerprint density at radius 3 is 1.56 bits per heavy atom. The van der Waals surface area contributed by atoms with Crippen molar-refractivity contribution in [3.63, 3.8) is 0 Å². The van der Waals surface area contributed by atoms with Crippen LogP contribution in [0.5, 0.6) is 0 Å². The summed E-state index contributed by atoms with van der Waals surface area (Å²) in [6, 6.07) is 0. The molecule has 0 amide bonds. The van der Waals surface area contributed by atoms with Gasteiger partial charge in [-0.15, -0.1) is 0 Å². The molecule has 0 saturated carbocycles. The fraction of sp³-hybridized carbons (Fsp3) is 0.900. The predicted octanol–water partition coefficient (Wildman–Crippen LogP) is 2.04. The van der Waals surface area contributed by atoms with Crippen LogP contribution in [-0.4, -0.2) is 34.9 Å². The highest BCUT2D eigenvalue weighted by Gasteiger charge is 2.43. The van der Waals surface area contributed by atoms with Crippen LogP contribution in [0.4, 0.5) is 0 Å². The summed E-state index contributed by atoms with van der Waals surface area (Å²) >= 11 is 0. The Bertz CT molecular complexity index is 197. The second-order valence-electron chi connectivity index (χ2n) is 3.27. The van der Waals surface area contributed by atoms with Crippen molar-refractivity contribution in [2.45, 2.75) is 40.0 Å². The van der Waals surface area contributed by atoms with Crippen LogP contribution >= 0.6 is 0 Å². The quantitative estimate of drug-likeness (QED) is 0.337. The lowest BCUT2D eigenvalue weighted by atomic mass is 10.5. The van der Waals surface area contributed by atoms with Crippen molar-refractivity contribution in [2.24, 2.45) is 4.66 Å². The largest absolute Gasteiger partial charge is 0.663 e. The molecule has 0 unspecified atom stereocenters. The normalized spacial score (nSPS) is 11.2. The molecular weight excluding hydrogens is 226 g/mol. The van der Waals surface area contributed by atoms with Crippen molar-refractivity contribution in [1.29, 1.82) is 0 Å². The standard InChI is InChI=1S/C10H21NO4Si/c1-4-7-13-16(11-10-12,14-8-5-2)15-9-6-3/h4-9H2,1-3H3. The number of hydrogen-bond donors (Lipinski definition) is 0. The van der Waals surface area contributed by atoms with Crippen LogP contribution in [0.1, 0.15) is 40.0 Å².